The van der Waals surface area contributed by atoms with Crippen LogP contribution in [0.15, 0.2) is 35.9 Å². The molecule has 0 unspecified atom stereocenters. The lowest BCUT2D eigenvalue weighted by atomic mass is 10.2. The number of phenolic OH excluding ortho intramolecular Hbond substituents is 2. The van der Waals surface area contributed by atoms with E-state index in [4.69, 9.17) is 5.11 Å². The maximum absolute atomic E-state index is 11.7. The van der Waals surface area contributed by atoms with Gasteiger partial charge in [0.25, 0.3) is 0 Å². The van der Waals surface area contributed by atoms with E-state index >= 15 is 0 Å². The Bertz CT molecular complexity index is 653. The third-order valence-corrected chi connectivity index (χ3v) is 3.37. The third kappa shape index (κ3) is 8.03. The number of carbonyl (C=O) groups is 2. The normalized spacial score (nSPS) is 11.5. The fourth-order valence-electron chi connectivity index (χ4n) is 1.91. The SMILES string of the molecule is C/C(=C\CO)C(=O)NCCCCNC(=O)/C=C/c1ccc(O)c(O)c1. The van der Waals surface area contributed by atoms with Crippen LogP contribution in [0.4, 0.5) is 0 Å². The number of carbonyl (C=O) groups excluding carboxylic acids is 2. The van der Waals surface area contributed by atoms with Crippen LogP contribution in [0.25, 0.3) is 6.08 Å². The first kappa shape index (κ1) is 20.2. The molecule has 0 aromatic heterocycles. The van der Waals surface area contributed by atoms with Gasteiger partial charge < -0.3 is 26.0 Å². The number of phenols is 2. The number of aromatic hydroxyl groups is 2. The van der Waals surface area contributed by atoms with Crippen molar-refractivity contribution in [1.82, 2.24) is 10.6 Å². The molecule has 7 heteroatoms. The Morgan fingerprint density at radius 3 is 2.40 bits per heavy atom. The summed E-state index contributed by atoms with van der Waals surface area (Å²) in [6.45, 7) is 2.44. The van der Waals surface area contributed by atoms with Gasteiger partial charge in [-0.2, -0.15) is 0 Å². The molecule has 0 heterocycles. The molecule has 0 atom stereocenters. The molecule has 2 amide bonds. The second-order valence-electron chi connectivity index (χ2n) is 5.41. The first-order valence-corrected chi connectivity index (χ1v) is 7.97. The highest BCUT2D eigenvalue weighted by atomic mass is 16.3. The van der Waals surface area contributed by atoms with Crippen LogP contribution in [-0.2, 0) is 9.59 Å². The van der Waals surface area contributed by atoms with Crippen molar-refractivity contribution < 1.29 is 24.9 Å². The molecule has 0 saturated heterocycles. The van der Waals surface area contributed by atoms with E-state index in [2.05, 4.69) is 10.6 Å². The molecule has 1 rings (SSSR count). The molecule has 0 aliphatic carbocycles. The predicted octanol–water partition coefficient (Wildman–Crippen LogP) is 1.06. The first-order chi connectivity index (χ1) is 11.9. The summed E-state index contributed by atoms with van der Waals surface area (Å²) >= 11 is 0. The van der Waals surface area contributed by atoms with Gasteiger partial charge >= 0.3 is 0 Å². The highest BCUT2D eigenvalue weighted by Crippen LogP contribution is 2.25. The van der Waals surface area contributed by atoms with Crippen LogP contribution in [0.2, 0.25) is 0 Å². The second kappa shape index (κ2) is 10.9. The molecule has 0 saturated carbocycles. The van der Waals surface area contributed by atoms with Gasteiger partial charge in [0.2, 0.25) is 11.8 Å². The van der Waals surface area contributed by atoms with Crippen molar-refractivity contribution in [1.29, 1.82) is 0 Å². The summed E-state index contributed by atoms with van der Waals surface area (Å²) in [6.07, 6.45) is 5.74. The van der Waals surface area contributed by atoms with E-state index in [1.165, 1.54) is 30.4 Å². The lowest BCUT2D eigenvalue weighted by molar-refractivity contribution is -0.118. The molecule has 0 fully saturated rings. The smallest absolute Gasteiger partial charge is 0.246 e. The quantitative estimate of drug-likeness (QED) is 0.260. The monoisotopic (exact) mass is 348 g/mol. The zero-order valence-electron chi connectivity index (χ0n) is 14.2. The molecular formula is C18H24N2O5. The summed E-state index contributed by atoms with van der Waals surface area (Å²) in [7, 11) is 0. The second-order valence-corrected chi connectivity index (χ2v) is 5.41. The fraction of sp³-hybridized carbons (Fsp3) is 0.333. The molecule has 136 valence electrons. The van der Waals surface area contributed by atoms with Crippen molar-refractivity contribution in [3.05, 3.63) is 41.5 Å². The molecule has 0 aliphatic heterocycles. The number of rotatable bonds is 9. The number of amides is 2. The molecular weight excluding hydrogens is 324 g/mol. The van der Waals surface area contributed by atoms with Crippen molar-refractivity contribution in [2.45, 2.75) is 19.8 Å². The van der Waals surface area contributed by atoms with E-state index in [1.807, 2.05) is 0 Å². The van der Waals surface area contributed by atoms with E-state index in [0.29, 0.717) is 37.1 Å². The molecule has 1 aromatic rings. The van der Waals surface area contributed by atoms with Crippen LogP contribution in [0.5, 0.6) is 11.5 Å². The van der Waals surface area contributed by atoms with Crippen molar-refractivity contribution in [3.63, 3.8) is 0 Å². The van der Waals surface area contributed by atoms with Crippen molar-refractivity contribution >= 4 is 17.9 Å². The fourth-order valence-corrected chi connectivity index (χ4v) is 1.91. The summed E-state index contributed by atoms with van der Waals surface area (Å²) in [5.74, 6) is -0.930. The topological polar surface area (TPSA) is 119 Å². The maximum atomic E-state index is 11.7. The van der Waals surface area contributed by atoms with Gasteiger partial charge in [-0.15, -0.1) is 0 Å². The Labute approximate surface area is 146 Å². The minimum Gasteiger partial charge on any atom is -0.504 e. The van der Waals surface area contributed by atoms with Gasteiger partial charge in [0.15, 0.2) is 11.5 Å². The summed E-state index contributed by atoms with van der Waals surface area (Å²) in [5.41, 5.74) is 1.07. The van der Waals surface area contributed by atoms with Crippen LogP contribution in [0.1, 0.15) is 25.3 Å². The van der Waals surface area contributed by atoms with Gasteiger partial charge in [-0.05, 0) is 43.5 Å². The Balaban J connectivity index is 2.20. The number of hydrogen-bond donors (Lipinski definition) is 5. The Morgan fingerprint density at radius 1 is 1.08 bits per heavy atom. The van der Waals surface area contributed by atoms with Crippen LogP contribution >= 0.6 is 0 Å². The van der Waals surface area contributed by atoms with E-state index < -0.39 is 0 Å². The van der Waals surface area contributed by atoms with Crippen LogP contribution < -0.4 is 10.6 Å². The van der Waals surface area contributed by atoms with Crippen molar-refractivity contribution in [3.8, 4) is 11.5 Å². The lowest BCUT2D eigenvalue weighted by Gasteiger charge is -2.06. The van der Waals surface area contributed by atoms with Crippen LogP contribution in [0.3, 0.4) is 0 Å². The molecule has 0 bridgehead atoms. The Kier molecular flexibility index (Phi) is 8.81. The molecule has 25 heavy (non-hydrogen) atoms. The number of aliphatic hydroxyl groups excluding tert-OH is 1. The molecule has 7 nitrogen and oxygen atoms in total. The number of aliphatic hydroxyl groups is 1. The summed E-state index contributed by atoms with van der Waals surface area (Å²) < 4.78 is 0. The molecule has 0 spiro atoms. The number of hydrogen-bond acceptors (Lipinski definition) is 5. The van der Waals surface area contributed by atoms with Crippen LogP contribution in [0, 0.1) is 0 Å². The van der Waals surface area contributed by atoms with E-state index in [9.17, 15) is 19.8 Å². The standard InChI is InChI=1S/C18H24N2O5/c1-13(8-11-21)18(25)20-10-3-2-9-19-17(24)7-5-14-4-6-15(22)16(23)12-14/h4-8,12,21-23H,2-3,9-11H2,1H3,(H,19,24)(H,20,25)/b7-5+,13-8+. The number of nitrogens with one attached hydrogen (secondary N) is 2. The van der Waals surface area contributed by atoms with Gasteiger partial charge in [0.1, 0.15) is 0 Å². The third-order valence-electron chi connectivity index (χ3n) is 3.37. The lowest BCUT2D eigenvalue weighted by Crippen LogP contribution is -2.27. The van der Waals surface area contributed by atoms with Crippen molar-refractivity contribution in [2.24, 2.45) is 0 Å². The van der Waals surface area contributed by atoms with Gasteiger partial charge in [-0.25, -0.2) is 0 Å². The van der Waals surface area contributed by atoms with Gasteiger partial charge in [-0.1, -0.05) is 12.1 Å². The number of unbranched alkanes of at least 4 members (excludes halogenated alkanes) is 1. The summed E-state index contributed by atoms with van der Waals surface area (Å²) in [6, 6.07) is 4.28. The molecule has 0 aliphatic rings. The molecule has 0 radical (unpaired) electrons. The average Bonchev–Trinajstić information content (AvgIpc) is 2.59. The van der Waals surface area contributed by atoms with Gasteiger partial charge in [0, 0.05) is 24.7 Å². The Hall–Kier alpha value is -2.80. The highest BCUT2D eigenvalue weighted by molar-refractivity contribution is 5.92. The first-order valence-electron chi connectivity index (χ1n) is 7.97. The van der Waals surface area contributed by atoms with E-state index in [-0.39, 0.29) is 29.9 Å². The Morgan fingerprint density at radius 2 is 1.76 bits per heavy atom. The number of benzene rings is 1. The van der Waals surface area contributed by atoms with E-state index in [0.717, 1.165) is 0 Å². The molecule has 1 aromatic carbocycles. The maximum Gasteiger partial charge on any atom is 0.246 e. The zero-order valence-corrected chi connectivity index (χ0v) is 14.2. The summed E-state index contributed by atoms with van der Waals surface area (Å²) in [4.78, 5) is 23.2. The minimum atomic E-state index is -0.265. The van der Waals surface area contributed by atoms with Crippen LogP contribution in [-0.4, -0.2) is 46.8 Å². The van der Waals surface area contributed by atoms with Gasteiger partial charge in [-0.3, -0.25) is 9.59 Å². The minimum absolute atomic E-state index is 0.164. The predicted molar refractivity (Wildman–Crippen MR) is 94.9 cm³/mol. The molecule has 5 N–H and O–H groups in total. The average molecular weight is 348 g/mol. The van der Waals surface area contributed by atoms with E-state index in [1.54, 1.807) is 13.0 Å². The van der Waals surface area contributed by atoms with Gasteiger partial charge in [0.05, 0.1) is 6.61 Å². The summed E-state index contributed by atoms with van der Waals surface area (Å²) in [5, 5.41) is 32.7. The highest BCUT2D eigenvalue weighted by Gasteiger charge is 2.02. The zero-order chi connectivity index (χ0) is 18.7. The largest absolute Gasteiger partial charge is 0.504 e. The van der Waals surface area contributed by atoms with Crippen molar-refractivity contribution in [2.75, 3.05) is 19.7 Å².